The first kappa shape index (κ1) is 20.4. The number of hydrogen-bond donors (Lipinski definition) is 0. The van der Waals surface area contributed by atoms with Gasteiger partial charge in [-0.25, -0.2) is 9.67 Å². The molecule has 158 valence electrons. The first-order valence-corrected chi connectivity index (χ1v) is 10.8. The van der Waals surface area contributed by atoms with Crippen LogP contribution in [0.15, 0.2) is 91.1 Å². The third-order valence-corrected chi connectivity index (χ3v) is 5.47. The highest BCUT2D eigenvalue weighted by Crippen LogP contribution is 2.26. The maximum Gasteiger partial charge on any atom is 0.108 e. The number of nitrogens with zero attached hydrogens (tertiary/aromatic N) is 4. The zero-order valence-electron chi connectivity index (χ0n) is 17.4. The minimum atomic E-state index is 0.391. The van der Waals surface area contributed by atoms with Crippen molar-refractivity contribution in [2.75, 3.05) is 0 Å². The van der Waals surface area contributed by atoms with Gasteiger partial charge in [0.2, 0.25) is 0 Å². The number of benzene rings is 3. The van der Waals surface area contributed by atoms with Gasteiger partial charge in [0.15, 0.2) is 0 Å². The van der Waals surface area contributed by atoms with E-state index in [4.69, 9.17) is 21.3 Å². The number of hydrogen-bond acceptors (Lipinski definition) is 4. The van der Waals surface area contributed by atoms with E-state index in [-0.39, 0.29) is 0 Å². The van der Waals surface area contributed by atoms with Gasteiger partial charge in [0, 0.05) is 16.0 Å². The quantitative estimate of drug-likeness (QED) is 0.315. The molecule has 0 saturated carbocycles. The van der Waals surface area contributed by atoms with E-state index in [0.717, 1.165) is 33.4 Å². The fraction of sp³-hybridized carbons (Fsp3) is 0.115. The molecule has 32 heavy (non-hydrogen) atoms. The van der Waals surface area contributed by atoms with Crippen molar-refractivity contribution in [2.45, 2.75) is 19.8 Å². The second kappa shape index (κ2) is 9.30. The fourth-order valence-corrected chi connectivity index (χ4v) is 3.78. The molecule has 0 aliphatic carbocycles. The molecular formula is C26H21ClN4O. The van der Waals surface area contributed by atoms with Gasteiger partial charge in [0.25, 0.3) is 0 Å². The summed E-state index contributed by atoms with van der Waals surface area (Å²) in [4.78, 5) is 4.82. The third-order valence-electron chi connectivity index (χ3n) is 5.22. The molecule has 0 aliphatic heterocycles. The summed E-state index contributed by atoms with van der Waals surface area (Å²) in [6, 6.07) is 28.1. The van der Waals surface area contributed by atoms with Crippen LogP contribution < -0.4 is 0 Å². The van der Waals surface area contributed by atoms with Crippen molar-refractivity contribution in [3.8, 4) is 11.3 Å². The summed E-state index contributed by atoms with van der Waals surface area (Å²) < 4.78 is 7.85. The lowest BCUT2D eigenvalue weighted by Crippen LogP contribution is -2.00. The molecule has 6 heteroatoms. The fourth-order valence-electron chi connectivity index (χ4n) is 3.65. The van der Waals surface area contributed by atoms with Gasteiger partial charge >= 0.3 is 0 Å². The van der Waals surface area contributed by atoms with Gasteiger partial charge in [-0.05, 0) is 35.4 Å². The van der Waals surface area contributed by atoms with Crippen LogP contribution in [0.5, 0.6) is 0 Å². The SMILES string of the molecule is Clc1ccc(-c2cc(COCc3cn(Cc4ccccc4)nn3)c3ccccc3n2)cc1. The van der Waals surface area contributed by atoms with Crippen LogP contribution in [0.25, 0.3) is 22.2 Å². The number of ether oxygens (including phenoxy) is 1. The number of rotatable bonds is 7. The van der Waals surface area contributed by atoms with Gasteiger partial charge in [-0.3, -0.25) is 0 Å². The van der Waals surface area contributed by atoms with E-state index in [1.165, 1.54) is 5.56 Å². The van der Waals surface area contributed by atoms with Gasteiger partial charge in [-0.2, -0.15) is 0 Å². The summed E-state index contributed by atoms with van der Waals surface area (Å²) in [5, 5.41) is 10.2. The number of aromatic nitrogens is 4. The van der Waals surface area contributed by atoms with Gasteiger partial charge < -0.3 is 4.74 Å². The average Bonchev–Trinajstić information content (AvgIpc) is 3.27. The molecule has 0 spiro atoms. The van der Waals surface area contributed by atoms with Crippen LogP contribution in [-0.2, 0) is 24.5 Å². The van der Waals surface area contributed by atoms with Crippen LogP contribution in [0, 0.1) is 0 Å². The van der Waals surface area contributed by atoms with E-state index in [9.17, 15) is 0 Å². The summed E-state index contributed by atoms with van der Waals surface area (Å²) in [7, 11) is 0. The van der Waals surface area contributed by atoms with Crippen molar-refractivity contribution in [2.24, 2.45) is 0 Å². The zero-order chi connectivity index (χ0) is 21.8. The van der Waals surface area contributed by atoms with Crippen LogP contribution in [0.3, 0.4) is 0 Å². The lowest BCUT2D eigenvalue weighted by molar-refractivity contribution is 0.105. The van der Waals surface area contributed by atoms with Gasteiger partial charge in [-0.15, -0.1) is 5.10 Å². The van der Waals surface area contributed by atoms with E-state index < -0.39 is 0 Å². The maximum atomic E-state index is 6.05. The first-order valence-electron chi connectivity index (χ1n) is 10.4. The van der Waals surface area contributed by atoms with Crippen molar-refractivity contribution in [3.63, 3.8) is 0 Å². The monoisotopic (exact) mass is 440 g/mol. The molecule has 0 aliphatic rings. The van der Waals surface area contributed by atoms with Crippen LogP contribution in [0.4, 0.5) is 0 Å². The van der Waals surface area contributed by atoms with Crippen molar-refractivity contribution >= 4 is 22.5 Å². The van der Waals surface area contributed by atoms with E-state index >= 15 is 0 Å². The van der Waals surface area contributed by atoms with E-state index in [1.54, 1.807) is 0 Å². The summed E-state index contributed by atoms with van der Waals surface area (Å²) in [6.07, 6.45) is 1.93. The third kappa shape index (κ3) is 4.69. The predicted molar refractivity (Wildman–Crippen MR) is 126 cm³/mol. The predicted octanol–water partition coefficient (Wildman–Crippen LogP) is 5.91. The molecule has 0 atom stereocenters. The molecule has 5 rings (SSSR count). The first-order chi connectivity index (χ1) is 15.7. The lowest BCUT2D eigenvalue weighted by Gasteiger charge is -2.10. The zero-order valence-corrected chi connectivity index (χ0v) is 18.1. The molecule has 3 aromatic carbocycles. The van der Waals surface area contributed by atoms with Crippen LogP contribution >= 0.6 is 11.6 Å². The Bertz CT molecular complexity index is 1330. The summed E-state index contributed by atoms with van der Waals surface area (Å²) in [5.41, 5.74) is 5.92. The van der Waals surface area contributed by atoms with E-state index in [1.807, 2.05) is 71.5 Å². The molecule has 2 heterocycles. The van der Waals surface area contributed by atoms with Crippen molar-refractivity contribution in [1.82, 2.24) is 20.0 Å². The highest BCUT2D eigenvalue weighted by atomic mass is 35.5. The Balaban J connectivity index is 1.31. The topological polar surface area (TPSA) is 52.8 Å². The maximum absolute atomic E-state index is 6.05. The summed E-state index contributed by atoms with van der Waals surface area (Å²) >= 11 is 6.05. The molecule has 5 nitrogen and oxygen atoms in total. The van der Waals surface area contributed by atoms with Crippen LogP contribution in [-0.4, -0.2) is 20.0 Å². The normalized spacial score (nSPS) is 11.2. The highest BCUT2D eigenvalue weighted by Gasteiger charge is 2.09. The Morgan fingerprint density at radius 2 is 1.62 bits per heavy atom. The number of para-hydroxylation sites is 1. The number of fused-ring (bicyclic) bond motifs is 1. The van der Waals surface area contributed by atoms with Crippen molar-refractivity contribution in [1.29, 1.82) is 0 Å². The number of halogens is 1. The molecular weight excluding hydrogens is 420 g/mol. The van der Waals surface area contributed by atoms with E-state index in [2.05, 4.69) is 34.6 Å². The lowest BCUT2D eigenvalue weighted by atomic mass is 10.0. The Kier molecular flexibility index (Phi) is 5.92. The Hall–Kier alpha value is -3.54. The van der Waals surface area contributed by atoms with E-state index in [0.29, 0.717) is 24.8 Å². The molecule has 0 bridgehead atoms. The Labute approximate surface area is 191 Å². The molecule has 0 unspecified atom stereocenters. The minimum absolute atomic E-state index is 0.391. The minimum Gasteiger partial charge on any atom is -0.370 e. The van der Waals surface area contributed by atoms with Crippen LogP contribution in [0.2, 0.25) is 5.02 Å². The molecule has 5 aromatic rings. The van der Waals surface area contributed by atoms with Gasteiger partial charge in [0.05, 0.1) is 37.2 Å². The molecule has 2 aromatic heterocycles. The molecule has 0 saturated heterocycles. The van der Waals surface area contributed by atoms with Crippen molar-refractivity contribution in [3.05, 3.63) is 113 Å². The van der Waals surface area contributed by atoms with Crippen LogP contribution in [0.1, 0.15) is 16.8 Å². The van der Waals surface area contributed by atoms with Gasteiger partial charge in [-0.1, -0.05) is 77.5 Å². The molecule has 0 radical (unpaired) electrons. The highest BCUT2D eigenvalue weighted by molar-refractivity contribution is 6.30. The summed E-state index contributed by atoms with van der Waals surface area (Å²) in [5.74, 6) is 0. The van der Waals surface area contributed by atoms with Crippen molar-refractivity contribution < 1.29 is 4.74 Å². The second-order valence-electron chi connectivity index (χ2n) is 7.58. The smallest absolute Gasteiger partial charge is 0.108 e. The molecule has 0 N–H and O–H groups in total. The molecule has 0 amide bonds. The summed E-state index contributed by atoms with van der Waals surface area (Å²) in [6.45, 7) is 1.53. The standard InChI is InChI=1S/C26H21ClN4O/c27-22-12-10-20(11-13-22)26-14-21(24-8-4-5-9-25(24)28-26)17-32-18-23-16-31(30-29-23)15-19-6-2-1-3-7-19/h1-14,16H,15,17-18H2. The van der Waals surface area contributed by atoms with Gasteiger partial charge in [0.1, 0.15) is 5.69 Å². The molecule has 0 fully saturated rings. The average molecular weight is 441 g/mol. The largest absolute Gasteiger partial charge is 0.370 e. The Morgan fingerprint density at radius 1 is 0.844 bits per heavy atom. The second-order valence-corrected chi connectivity index (χ2v) is 8.01. The Morgan fingerprint density at radius 3 is 2.47 bits per heavy atom. The number of pyridine rings is 1.